The third kappa shape index (κ3) is 2.03. The van der Waals surface area contributed by atoms with E-state index in [1.54, 1.807) is 6.20 Å². The van der Waals surface area contributed by atoms with Gasteiger partial charge >= 0.3 is 0 Å². The Labute approximate surface area is 109 Å². The van der Waals surface area contributed by atoms with Crippen LogP contribution in [0.25, 0.3) is 27.3 Å². The zero-order valence-electron chi connectivity index (χ0n) is 10.1. The largest absolute Gasteiger partial charge is 0.315 e. The molecular formula is C14H11N5. The highest BCUT2D eigenvalue weighted by Gasteiger charge is 2.11. The normalized spacial score (nSPS) is 10.3. The van der Waals surface area contributed by atoms with Gasteiger partial charge in [-0.25, -0.2) is 0 Å². The number of nitrogens with zero attached hydrogens (tertiary/aromatic N) is 5. The van der Waals surface area contributed by atoms with Gasteiger partial charge in [0, 0.05) is 22.8 Å². The molecule has 19 heavy (non-hydrogen) atoms. The van der Waals surface area contributed by atoms with Crippen molar-refractivity contribution in [2.45, 2.75) is 6.54 Å². The molecule has 3 rings (SSSR count). The molecule has 0 aliphatic heterocycles. The van der Waals surface area contributed by atoms with Gasteiger partial charge in [-0.2, -0.15) is 0 Å². The second-order valence-electron chi connectivity index (χ2n) is 4.12. The topological polar surface area (TPSA) is 66.1 Å². The first-order valence-corrected chi connectivity index (χ1v) is 5.91. The van der Waals surface area contributed by atoms with Gasteiger partial charge in [-0.15, -0.1) is 0 Å². The first-order valence-electron chi connectivity index (χ1n) is 5.91. The van der Waals surface area contributed by atoms with Crippen LogP contribution >= 0.6 is 0 Å². The Balaban J connectivity index is 2.27. The summed E-state index contributed by atoms with van der Waals surface area (Å²) >= 11 is 0. The van der Waals surface area contributed by atoms with Crippen LogP contribution in [0.15, 0.2) is 60.0 Å². The van der Waals surface area contributed by atoms with Crippen molar-refractivity contribution in [1.29, 1.82) is 0 Å². The number of aromatic nitrogens is 2. The van der Waals surface area contributed by atoms with Crippen molar-refractivity contribution in [3.8, 4) is 11.4 Å². The Morgan fingerprint density at radius 1 is 1.21 bits per heavy atom. The number of azide groups is 1. The lowest BCUT2D eigenvalue weighted by Gasteiger charge is -2.04. The number of hydrogen-bond donors (Lipinski definition) is 0. The van der Waals surface area contributed by atoms with E-state index in [4.69, 9.17) is 5.53 Å². The summed E-state index contributed by atoms with van der Waals surface area (Å²) in [7, 11) is 0. The van der Waals surface area contributed by atoms with Gasteiger partial charge in [-0.3, -0.25) is 4.98 Å². The zero-order valence-corrected chi connectivity index (χ0v) is 10.1. The summed E-state index contributed by atoms with van der Waals surface area (Å²) < 4.78 is 2.06. The van der Waals surface area contributed by atoms with Crippen LogP contribution in [0.5, 0.6) is 0 Å². The fourth-order valence-corrected chi connectivity index (χ4v) is 2.20. The summed E-state index contributed by atoms with van der Waals surface area (Å²) in [4.78, 5) is 7.22. The van der Waals surface area contributed by atoms with Crippen molar-refractivity contribution in [2.24, 2.45) is 5.11 Å². The Morgan fingerprint density at radius 2 is 2.11 bits per heavy atom. The summed E-state index contributed by atoms with van der Waals surface area (Å²) in [6.45, 7) is 0.323. The molecule has 3 aromatic heterocycles. The molecule has 0 saturated heterocycles. The molecule has 0 bridgehead atoms. The third-order valence-electron chi connectivity index (χ3n) is 2.97. The van der Waals surface area contributed by atoms with Crippen molar-refractivity contribution >= 4 is 5.52 Å². The third-order valence-corrected chi connectivity index (χ3v) is 2.97. The van der Waals surface area contributed by atoms with E-state index in [0.29, 0.717) is 6.54 Å². The van der Waals surface area contributed by atoms with E-state index in [0.717, 1.165) is 22.5 Å². The van der Waals surface area contributed by atoms with E-state index in [2.05, 4.69) is 19.4 Å². The van der Waals surface area contributed by atoms with Gasteiger partial charge in [-0.05, 0) is 41.4 Å². The van der Waals surface area contributed by atoms with Crippen LogP contribution < -0.4 is 0 Å². The Bertz CT molecular complexity index is 754. The predicted molar refractivity (Wildman–Crippen MR) is 73.5 cm³/mol. The maximum absolute atomic E-state index is 8.50. The molecular weight excluding hydrogens is 238 g/mol. The molecule has 0 aliphatic rings. The van der Waals surface area contributed by atoms with E-state index in [1.165, 1.54) is 0 Å². The van der Waals surface area contributed by atoms with Crippen molar-refractivity contribution in [2.75, 3.05) is 0 Å². The highest BCUT2D eigenvalue weighted by Crippen LogP contribution is 2.26. The molecule has 0 N–H and O–H groups in total. The lowest BCUT2D eigenvalue weighted by atomic mass is 10.2. The molecule has 0 fully saturated rings. The Hall–Kier alpha value is -2.78. The molecule has 0 spiro atoms. The van der Waals surface area contributed by atoms with Crippen LogP contribution in [0.3, 0.4) is 0 Å². The molecule has 0 unspecified atom stereocenters. The summed E-state index contributed by atoms with van der Waals surface area (Å²) in [6.07, 6.45) is 3.74. The van der Waals surface area contributed by atoms with E-state index < -0.39 is 0 Å². The molecule has 0 amide bonds. The van der Waals surface area contributed by atoms with Crippen LogP contribution in [0, 0.1) is 0 Å². The molecule has 92 valence electrons. The first-order chi connectivity index (χ1) is 9.40. The molecule has 0 aliphatic carbocycles. The van der Waals surface area contributed by atoms with Crippen molar-refractivity contribution in [3.05, 3.63) is 70.9 Å². The number of rotatable bonds is 3. The van der Waals surface area contributed by atoms with E-state index in [-0.39, 0.29) is 0 Å². The van der Waals surface area contributed by atoms with Crippen LogP contribution in [-0.2, 0) is 6.54 Å². The molecule has 5 nitrogen and oxygen atoms in total. The maximum Gasteiger partial charge on any atom is 0.0872 e. The highest BCUT2D eigenvalue weighted by atomic mass is 15.1. The summed E-state index contributed by atoms with van der Waals surface area (Å²) in [6, 6.07) is 13.8. The second-order valence-corrected chi connectivity index (χ2v) is 4.12. The molecule has 0 aromatic carbocycles. The van der Waals surface area contributed by atoms with Gasteiger partial charge < -0.3 is 4.40 Å². The summed E-state index contributed by atoms with van der Waals surface area (Å²) in [5, 5.41) is 3.66. The molecule has 0 radical (unpaired) electrons. The lowest BCUT2D eigenvalue weighted by Crippen LogP contribution is -1.92. The number of hydrogen-bond acceptors (Lipinski definition) is 2. The summed E-state index contributed by atoms with van der Waals surface area (Å²) in [5.74, 6) is 0. The maximum atomic E-state index is 8.50. The smallest absolute Gasteiger partial charge is 0.0872 e. The van der Waals surface area contributed by atoms with Gasteiger partial charge in [0.1, 0.15) is 0 Å². The molecule has 3 aromatic rings. The van der Waals surface area contributed by atoms with Crippen LogP contribution in [0.2, 0.25) is 0 Å². The quantitative estimate of drug-likeness (QED) is 0.395. The molecule has 3 heterocycles. The average Bonchev–Trinajstić information content (AvgIpc) is 2.84. The second kappa shape index (κ2) is 4.84. The monoisotopic (exact) mass is 249 g/mol. The Morgan fingerprint density at radius 3 is 2.89 bits per heavy atom. The van der Waals surface area contributed by atoms with Gasteiger partial charge in [-0.1, -0.05) is 17.2 Å². The molecule has 0 saturated carbocycles. The fourth-order valence-electron chi connectivity index (χ4n) is 2.20. The van der Waals surface area contributed by atoms with Gasteiger partial charge in [0.2, 0.25) is 0 Å². The zero-order chi connectivity index (χ0) is 13.1. The predicted octanol–water partition coefficient (Wildman–Crippen LogP) is 3.81. The average molecular weight is 249 g/mol. The van der Waals surface area contributed by atoms with Crippen molar-refractivity contribution in [3.63, 3.8) is 0 Å². The van der Waals surface area contributed by atoms with Gasteiger partial charge in [0.25, 0.3) is 0 Å². The minimum absolute atomic E-state index is 0.323. The standard InChI is InChI=1S/C14H11N5/c15-18-17-10-11-9-12-5-2-4-8-19(12)14(11)13-6-1-3-7-16-13/h1-9H,10H2. The first kappa shape index (κ1) is 11.3. The van der Waals surface area contributed by atoms with E-state index in [1.807, 2.05) is 48.7 Å². The number of fused-ring (bicyclic) bond motifs is 1. The Kier molecular flexibility index (Phi) is 2.88. The molecule has 0 atom stereocenters. The van der Waals surface area contributed by atoms with Crippen LogP contribution in [0.1, 0.15) is 5.56 Å². The van der Waals surface area contributed by atoms with Crippen LogP contribution in [-0.4, -0.2) is 9.38 Å². The van der Waals surface area contributed by atoms with Crippen molar-refractivity contribution < 1.29 is 0 Å². The summed E-state index contributed by atoms with van der Waals surface area (Å²) in [5.41, 5.74) is 12.4. The van der Waals surface area contributed by atoms with Gasteiger partial charge in [0.05, 0.1) is 17.9 Å². The number of pyridine rings is 2. The van der Waals surface area contributed by atoms with Gasteiger partial charge in [0.15, 0.2) is 0 Å². The fraction of sp³-hybridized carbons (Fsp3) is 0.0714. The van der Waals surface area contributed by atoms with E-state index in [9.17, 15) is 0 Å². The molecule has 5 heteroatoms. The van der Waals surface area contributed by atoms with E-state index >= 15 is 0 Å². The minimum atomic E-state index is 0.323. The van der Waals surface area contributed by atoms with Crippen molar-refractivity contribution in [1.82, 2.24) is 9.38 Å². The highest BCUT2D eigenvalue weighted by molar-refractivity contribution is 5.69. The van der Waals surface area contributed by atoms with Crippen LogP contribution in [0.4, 0.5) is 0 Å². The SMILES string of the molecule is [N-]=[N+]=NCc1cc2ccccn2c1-c1ccccn1. The minimum Gasteiger partial charge on any atom is -0.315 e. The lowest BCUT2D eigenvalue weighted by molar-refractivity contribution is 1.04.